The molecular weight excluding hydrogens is 557 g/mol. The smallest absolute Gasteiger partial charge is 0.357 e. The average molecular weight is 591 g/mol. The third kappa shape index (κ3) is 5.80. The Labute approximate surface area is 248 Å². The molecule has 1 N–H and O–H groups in total. The van der Waals surface area contributed by atoms with Crippen LogP contribution in [0, 0.1) is 5.41 Å². The number of hydrogen-bond acceptors (Lipinski definition) is 7. The topological polar surface area (TPSA) is 81.7 Å². The van der Waals surface area contributed by atoms with Crippen LogP contribution in [-0.4, -0.2) is 59.3 Å². The second-order valence-electron chi connectivity index (χ2n) is 12.0. The maximum atomic E-state index is 13.9. The van der Waals surface area contributed by atoms with Crippen molar-refractivity contribution in [1.82, 2.24) is 14.9 Å². The third-order valence-corrected chi connectivity index (χ3v) is 8.33. The zero-order valence-corrected chi connectivity index (χ0v) is 24.1. The molecule has 0 spiro atoms. The number of hydrogen-bond donors (Lipinski definition) is 1. The minimum absolute atomic E-state index is 0.0559. The molecule has 2 aromatic carbocycles. The maximum absolute atomic E-state index is 13.9. The molecule has 3 aromatic rings. The van der Waals surface area contributed by atoms with Gasteiger partial charge < -0.3 is 20.0 Å². The first-order valence-corrected chi connectivity index (χ1v) is 14.4. The van der Waals surface area contributed by atoms with Gasteiger partial charge in [0.15, 0.2) is 5.78 Å². The number of para-hydroxylation sites is 2. The molecule has 3 aliphatic rings. The van der Waals surface area contributed by atoms with E-state index in [9.17, 15) is 22.8 Å². The molecule has 1 amide bonds. The summed E-state index contributed by atoms with van der Waals surface area (Å²) in [5.41, 5.74) is 2.14. The highest BCUT2D eigenvalue weighted by molar-refractivity contribution is 6.02. The summed E-state index contributed by atoms with van der Waals surface area (Å²) in [6.45, 7) is 6.08. The number of nitrogens with zero attached hydrogens (tertiary/aromatic N) is 5. The Bertz CT molecular complexity index is 1550. The lowest BCUT2D eigenvalue weighted by atomic mass is 9.73. The van der Waals surface area contributed by atoms with Gasteiger partial charge >= 0.3 is 6.18 Å². The number of Topliss-reactive ketones (excluding diaryl/α,β-unsaturated/α-hetero) is 1. The first-order valence-electron chi connectivity index (χ1n) is 14.4. The van der Waals surface area contributed by atoms with Crippen LogP contribution in [0.2, 0.25) is 0 Å². The van der Waals surface area contributed by atoms with Gasteiger partial charge in [-0.1, -0.05) is 38.1 Å². The van der Waals surface area contributed by atoms with Gasteiger partial charge in [-0.2, -0.15) is 13.2 Å². The van der Waals surface area contributed by atoms with Crippen molar-refractivity contribution >= 4 is 29.0 Å². The summed E-state index contributed by atoms with van der Waals surface area (Å²) in [6, 6.07) is 13.5. The van der Waals surface area contributed by atoms with E-state index in [2.05, 4.69) is 15.3 Å². The van der Waals surface area contributed by atoms with Crippen molar-refractivity contribution in [2.24, 2.45) is 5.41 Å². The van der Waals surface area contributed by atoms with Gasteiger partial charge in [-0.15, -0.1) is 0 Å². The number of piperazine rings is 1. The van der Waals surface area contributed by atoms with Crippen LogP contribution in [0.5, 0.6) is 0 Å². The number of halogens is 3. The van der Waals surface area contributed by atoms with E-state index in [4.69, 9.17) is 0 Å². The Balaban J connectivity index is 1.37. The zero-order chi connectivity index (χ0) is 30.4. The highest BCUT2D eigenvalue weighted by Gasteiger charge is 2.42. The highest BCUT2D eigenvalue weighted by Crippen LogP contribution is 2.48. The van der Waals surface area contributed by atoms with Crippen molar-refractivity contribution in [2.75, 3.05) is 47.8 Å². The van der Waals surface area contributed by atoms with Crippen LogP contribution >= 0.6 is 0 Å². The number of allylic oxidation sites excluding steroid dienone is 1. The number of anilines is 3. The summed E-state index contributed by atoms with van der Waals surface area (Å²) in [5.74, 6) is 0.404. The molecule has 1 aliphatic carbocycles. The number of amides is 1. The summed E-state index contributed by atoms with van der Waals surface area (Å²) < 4.78 is 40.5. The van der Waals surface area contributed by atoms with E-state index in [1.807, 2.05) is 47.9 Å². The standard InChI is InChI=1S/C32H33F3N6O2/c1-31(2)18-24-28(26(42)19-31)29(21-8-10-22(11-9-21)32(33,34)35)41(25-7-4-3-6-23(25)38-24)20-27(43)39-14-16-40(17-15-39)30-36-12-5-13-37-30/h3-13,29,38H,14-20H2,1-2H3. The molecule has 11 heteroatoms. The lowest BCUT2D eigenvalue weighted by molar-refractivity contribution is -0.137. The number of alkyl halides is 3. The molecule has 1 aromatic heterocycles. The number of nitrogens with one attached hydrogen (secondary N) is 1. The largest absolute Gasteiger partial charge is 0.416 e. The van der Waals surface area contributed by atoms with E-state index < -0.39 is 17.8 Å². The van der Waals surface area contributed by atoms with Crippen LogP contribution in [0.15, 0.2) is 78.3 Å². The molecule has 8 nitrogen and oxygen atoms in total. The Morgan fingerprint density at radius 3 is 2.30 bits per heavy atom. The minimum atomic E-state index is -4.49. The fraction of sp³-hybridized carbons (Fsp3) is 0.375. The molecule has 1 saturated heterocycles. The fourth-order valence-electron chi connectivity index (χ4n) is 6.28. The molecule has 2 aliphatic heterocycles. The number of carbonyl (C=O) groups excluding carboxylic acids is 2. The molecule has 1 atom stereocenters. The molecule has 0 bridgehead atoms. The van der Waals surface area contributed by atoms with Crippen molar-refractivity contribution in [1.29, 1.82) is 0 Å². The molecular formula is C32H33F3N6O2. The molecule has 0 radical (unpaired) electrons. The van der Waals surface area contributed by atoms with Crippen LogP contribution in [0.25, 0.3) is 0 Å². The van der Waals surface area contributed by atoms with Crippen molar-refractivity contribution in [3.63, 3.8) is 0 Å². The van der Waals surface area contributed by atoms with Crippen LogP contribution in [-0.2, 0) is 15.8 Å². The van der Waals surface area contributed by atoms with E-state index in [1.165, 1.54) is 12.1 Å². The van der Waals surface area contributed by atoms with Crippen LogP contribution < -0.4 is 15.1 Å². The second-order valence-corrected chi connectivity index (χ2v) is 12.0. The SMILES string of the molecule is CC1(C)CC(=O)C2=C(C1)Nc1ccccc1N(CC(=O)N1CCN(c3ncccn3)CC1)C2c1ccc(C(F)(F)F)cc1. The summed E-state index contributed by atoms with van der Waals surface area (Å²) in [6.07, 6.45) is -0.240. The number of fused-ring (bicyclic) bond motifs is 1. The van der Waals surface area contributed by atoms with Gasteiger partial charge in [0.25, 0.3) is 0 Å². The second kappa shape index (κ2) is 11.0. The Morgan fingerprint density at radius 1 is 0.953 bits per heavy atom. The van der Waals surface area contributed by atoms with Gasteiger partial charge in [0.2, 0.25) is 11.9 Å². The maximum Gasteiger partial charge on any atom is 0.416 e. The first-order chi connectivity index (χ1) is 20.5. The van der Waals surface area contributed by atoms with Gasteiger partial charge in [0.05, 0.1) is 29.5 Å². The summed E-state index contributed by atoms with van der Waals surface area (Å²) in [7, 11) is 0. The minimum Gasteiger partial charge on any atom is -0.357 e. The molecule has 224 valence electrons. The monoisotopic (exact) mass is 590 g/mol. The van der Waals surface area contributed by atoms with Crippen LogP contribution in [0.1, 0.15) is 43.9 Å². The van der Waals surface area contributed by atoms with Crippen molar-refractivity contribution in [3.05, 3.63) is 89.4 Å². The van der Waals surface area contributed by atoms with Crippen molar-refractivity contribution < 1.29 is 22.8 Å². The number of carbonyl (C=O) groups is 2. The summed E-state index contributed by atoms with van der Waals surface area (Å²) in [4.78, 5) is 42.1. The van der Waals surface area contributed by atoms with Crippen molar-refractivity contribution in [2.45, 2.75) is 38.9 Å². The quantitative estimate of drug-likeness (QED) is 0.432. The summed E-state index contributed by atoms with van der Waals surface area (Å²) >= 11 is 0. The van der Waals surface area contributed by atoms with E-state index in [1.54, 1.807) is 23.4 Å². The fourth-order valence-corrected chi connectivity index (χ4v) is 6.28. The predicted octanol–water partition coefficient (Wildman–Crippen LogP) is 5.46. The molecule has 1 unspecified atom stereocenters. The molecule has 43 heavy (non-hydrogen) atoms. The zero-order valence-electron chi connectivity index (χ0n) is 24.1. The number of aromatic nitrogens is 2. The molecule has 0 saturated carbocycles. The number of benzene rings is 2. The lowest BCUT2D eigenvalue weighted by Gasteiger charge is -2.40. The lowest BCUT2D eigenvalue weighted by Crippen LogP contribution is -2.52. The Hall–Kier alpha value is -4.41. The van der Waals surface area contributed by atoms with Gasteiger partial charge in [-0.3, -0.25) is 9.59 Å². The van der Waals surface area contributed by atoms with Crippen LogP contribution in [0.3, 0.4) is 0 Å². The van der Waals surface area contributed by atoms with E-state index in [0.29, 0.717) is 61.8 Å². The molecule has 3 heterocycles. The number of ketones is 1. The van der Waals surface area contributed by atoms with Gasteiger partial charge in [-0.25, -0.2) is 9.97 Å². The third-order valence-electron chi connectivity index (χ3n) is 8.33. The molecule has 1 fully saturated rings. The summed E-state index contributed by atoms with van der Waals surface area (Å²) in [5, 5.41) is 3.48. The Kier molecular flexibility index (Phi) is 7.35. The highest BCUT2D eigenvalue weighted by atomic mass is 19.4. The Morgan fingerprint density at radius 2 is 1.63 bits per heavy atom. The average Bonchev–Trinajstić information content (AvgIpc) is 3.11. The first kappa shape index (κ1) is 28.7. The van der Waals surface area contributed by atoms with E-state index in [-0.39, 0.29) is 23.7 Å². The van der Waals surface area contributed by atoms with Gasteiger partial charge in [0, 0.05) is 56.3 Å². The van der Waals surface area contributed by atoms with E-state index >= 15 is 0 Å². The normalized spacial score (nSPS) is 20.3. The van der Waals surface area contributed by atoms with Crippen LogP contribution in [0.4, 0.5) is 30.5 Å². The predicted molar refractivity (Wildman–Crippen MR) is 157 cm³/mol. The van der Waals surface area contributed by atoms with Gasteiger partial charge in [0.1, 0.15) is 0 Å². The molecule has 6 rings (SSSR count). The number of rotatable bonds is 4. The van der Waals surface area contributed by atoms with E-state index in [0.717, 1.165) is 23.5 Å². The van der Waals surface area contributed by atoms with Gasteiger partial charge in [-0.05, 0) is 47.7 Å². The van der Waals surface area contributed by atoms with Crippen molar-refractivity contribution in [3.8, 4) is 0 Å².